The topological polar surface area (TPSA) is 98.7 Å². The van der Waals surface area contributed by atoms with Crippen molar-refractivity contribution < 1.29 is 4.79 Å². The number of amides is 1. The third kappa shape index (κ3) is 3.11. The highest BCUT2D eigenvalue weighted by Gasteiger charge is 2.19. The summed E-state index contributed by atoms with van der Waals surface area (Å²) < 4.78 is 3.30. The lowest BCUT2D eigenvalue weighted by Gasteiger charge is -2.06. The van der Waals surface area contributed by atoms with E-state index in [4.69, 9.17) is 5.73 Å². The lowest BCUT2D eigenvalue weighted by Crippen LogP contribution is -2.20. The summed E-state index contributed by atoms with van der Waals surface area (Å²) in [6, 6.07) is 23.2. The summed E-state index contributed by atoms with van der Waals surface area (Å²) in [6.07, 6.45) is 0. The summed E-state index contributed by atoms with van der Waals surface area (Å²) in [4.78, 5) is 32.4. The molecule has 0 fully saturated rings. The van der Waals surface area contributed by atoms with E-state index in [1.165, 1.54) is 0 Å². The van der Waals surface area contributed by atoms with Crippen LogP contribution in [0.3, 0.4) is 0 Å². The van der Waals surface area contributed by atoms with E-state index in [1.807, 2.05) is 79.7 Å². The van der Waals surface area contributed by atoms with E-state index >= 15 is 0 Å². The zero-order chi connectivity index (χ0) is 22.4. The number of para-hydroxylation sites is 1. The maximum Gasteiger partial charge on any atom is 0.333 e. The molecule has 0 aliphatic carbocycles. The normalized spacial score (nSPS) is 11.2. The number of rotatable bonds is 4. The molecule has 5 aromatic rings. The molecule has 0 saturated carbocycles. The number of imidazole rings is 2. The number of aromatic nitrogens is 4. The van der Waals surface area contributed by atoms with E-state index in [0.717, 1.165) is 33.4 Å². The number of nitrogens with one attached hydrogen (secondary N) is 1. The predicted molar refractivity (Wildman–Crippen MR) is 125 cm³/mol. The van der Waals surface area contributed by atoms with Gasteiger partial charge in [-0.1, -0.05) is 48.0 Å². The van der Waals surface area contributed by atoms with E-state index in [-0.39, 0.29) is 11.5 Å². The van der Waals surface area contributed by atoms with E-state index in [0.29, 0.717) is 11.4 Å². The molecule has 0 unspecified atom stereocenters. The smallest absolute Gasteiger partial charge is 0.333 e. The van der Waals surface area contributed by atoms with Gasteiger partial charge in [0.1, 0.15) is 0 Å². The Hall–Kier alpha value is -4.39. The van der Waals surface area contributed by atoms with Crippen LogP contribution >= 0.6 is 0 Å². The molecule has 2 heterocycles. The zero-order valence-corrected chi connectivity index (χ0v) is 17.7. The Morgan fingerprint density at radius 1 is 0.938 bits per heavy atom. The average Bonchev–Trinajstić information content (AvgIpc) is 3.35. The second-order valence-corrected chi connectivity index (χ2v) is 7.76. The van der Waals surface area contributed by atoms with Gasteiger partial charge in [-0.25, -0.2) is 9.78 Å². The van der Waals surface area contributed by atoms with Gasteiger partial charge in [0.25, 0.3) is 5.91 Å². The third-order valence-electron chi connectivity index (χ3n) is 5.59. The first-order valence-corrected chi connectivity index (χ1v) is 10.2. The first-order chi connectivity index (χ1) is 15.4. The number of aryl methyl sites for hydroxylation is 2. The number of aromatic amines is 1. The van der Waals surface area contributed by atoms with Crippen molar-refractivity contribution >= 4 is 16.9 Å². The number of primary amides is 1. The summed E-state index contributed by atoms with van der Waals surface area (Å²) in [7, 11) is 1.75. The third-order valence-corrected chi connectivity index (χ3v) is 5.59. The Morgan fingerprint density at radius 2 is 1.72 bits per heavy atom. The Labute approximate surface area is 183 Å². The molecule has 7 nitrogen and oxygen atoms in total. The lowest BCUT2D eigenvalue weighted by atomic mass is 10.0. The fourth-order valence-corrected chi connectivity index (χ4v) is 4.02. The maximum atomic E-state index is 13.0. The Morgan fingerprint density at radius 3 is 2.44 bits per heavy atom. The van der Waals surface area contributed by atoms with Crippen molar-refractivity contribution in [3.05, 3.63) is 94.7 Å². The number of carbonyl (C=O) groups excluding carboxylic acids is 1. The second-order valence-electron chi connectivity index (χ2n) is 7.76. The molecular formula is C25H21N5O2. The number of fused-ring (bicyclic) bond motifs is 1. The van der Waals surface area contributed by atoms with Gasteiger partial charge < -0.3 is 10.7 Å². The molecule has 158 valence electrons. The molecule has 0 aliphatic heterocycles. The van der Waals surface area contributed by atoms with Crippen LogP contribution in [-0.2, 0) is 7.05 Å². The summed E-state index contributed by atoms with van der Waals surface area (Å²) in [6.45, 7) is 2.00. The van der Waals surface area contributed by atoms with E-state index in [9.17, 15) is 9.59 Å². The highest BCUT2D eigenvalue weighted by Crippen LogP contribution is 2.32. The fourth-order valence-electron chi connectivity index (χ4n) is 4.02. The molecule has 0 saturated heterocycles. The molecule has 32 heavy (non-hydrogen) atoms. The number of carbonyl (C=O) groups is 1. The van der Waals surface area contributed by atoms with Crippen LogP contribution in [0.1, 0.15) is 16.2 Å². The van der Waals surface area contributed by atoms with Crippen LogP contribution in [0.5, 0.6) is 0 Å². The van der Waals surface area contributed by atoms with Crippen LogP contribution in [0.25, 0.3) is 39.2 Å². The van der Waals surface area contributed by atoms with Gasteiger partial charge in [-0.3, -0.25) is 13.9 Å². The molecular weight excluding hydrogens is 402 g/mol. The summed E-state index contributed by atoms with van der Waals surface area (Å²) in [5.74, 6) is -0.541. The molecule has 0 radical (unpaired) electrons. The number of hydrogen-bond donors (Lipinski definition) is 2. The molecule has 0 atom stereocenters. The van der Waals surface area contributed by atoms with Gasteiger partial charge in [0.15, 0.2) is 5.82 Å². The highest BCUT2D eigenvalue weighted by molar-refractivity contribution is 5.93. The van der Waals surface area contributed by atoms with E-state index in [2.05, 4.69) is 9.97 Å². The monoisotopic (exact) mass is 423 g/mol. The largest absolute Gasteiger partial charge is 0.363 e. The van der Waals surface area contributed by atoms with Crippen molar-refractivity contribution in [2.24, 2.45) is 12.8 Å². The first-order valence-electron chi connectivity index (χ1n) is 10.2. The van der Waals surface area contributed by atoms with Gasteiger partial charge in [-0.2, -0.15) is 0 Å². The summed E-state index contributed by atoms with van der Waals surface area (Å²) in [5, 5.41) is 0. The quantitative estimate of drug-likeness (QED) is 0.460. The van der Waals surface area contributed by atoms with Gasteiger partial charge in [0.05, 0.1) is 28.1 Å². The Kier molecular flexibility index (Phi) is 4.52. The van der Waals surface area contributed by atoms with Gasteiger partial charge in [0.2, 0.25) is 0 Å². The van der Waals surface area contributed by atoms with Crippen LogP contribution in [-0.4, -0.2) is 25.0 Å². The molecule has 3 aromatic carbocycles. The minimum absolute atomic E-state index is 0.0901. The van der Waals surface area contributed by atoms with Crippen molar-refractivity contribution in [1.29, 1.82) is 0 Å². The van der Waals surface area contributed by atoms with E-state index in [1.54, 1.807) is 16.2 Å². The van der Waals surface area contributed by atoms with Crippen molar-refractivity contribution in [2.45, 2.75) is 6.92 Å². The van der Waals surface area contributed by atoms with Crippen LogP contribution in [0, 0.1) is 6.92 Å². The summed E-state index contributed by atoms with van der Waals surface area (Å²) in [5.41, 5.74) is 11.8. The zero-order valence-electron chi connectivity index (χ0n) is 17.7. The molecule has 3 N–H and O–H groups in total. The van der Waals surface area contributed by atoms with Crippen LogP contribution < -0.4 is 11.4 Å². The standard InChI is InChI=1S/C25H21N5O2/c1-15-7-6-8-16(13-15)21-22(28-24(27-21)23(26)31)17-11-12-19-20(14-17)29(2)25(32)30(19)18-9-4-3-5-10-18/h3-14H,1-2H3,(H2,26,31)(H,27,28). The molecule has 5 rings (SSSR count). The van der Waals surface area contributed by atoms with Gasteiger partial charge >= 0.3 is 5.69 Å². The molecule has 0 aliphatic rings. The first kappa shape index (κ1) is 19.6. The maximum absolute atomic E-state index is 13.0. The SMILES string of the molecule is Cc1cccc(-c2nc(C(N)=O)[nH]c2-c2ccc3c(c2)n(C)c(=O)n3-c2ccccc2)c1. The second kappa shape index (κ2) is 7.39. The molecule has 2 aromatic heterocycles. The van der Waals surface area contributed by atoms with E-state index < -0.39 is 5.91 Å². The van der Waals surface area contributed by atoms with Crippen LogP contribution in [0.2, 0.25) is 0 Å². The molecule has 0 bridgehead atoms. The van der Waals surface area contributed by atoms with Crippen LogP contribution in [0.15, 0.2) is 77.6 Å². The average molecular weight is 423 g/mol. The number of nitrogens with two attached hydrogens (primary N) is 1. The summed E-state index contributed by atoms with van der Waals surface area (Å²) >= 11 is 0. The minimum Gasteiger partial charge on any atom is -0.363 e. The van der Waals surface area contributed by atoms with Crippen molar-refractivity contribution in [3.63, 3.8) is 0 Å². The van der Waals surface area contributed by atoms with Crippen molar-refractivity contribution in [3.8, 4) is 28.2 Å². The molecule has 1 amide bonds. The lowest BCUT2D eigenvalue weighted by molar-refractivity contribution is 0.0991. The number of hydrogen-bond acceptors (Lipinski definition) is 3. The minimum atomic E-state index is -0.631. The van der Waals surface area contributed by atoms with Crippen molar-refractivity contribution in [2.75, 3.05) is 0 Å². The number of H-pyrrole nitrogens is 1. The predicted octanol–water partition coefficient (Wildman–Crippen LogP) is 3.79. The Bertz CT molecular complexity index is 1540. The fraction of sp³-hybridized carbons (Fsp3) is 0.0800. The molecule has 0 spiro atoms. The Balaban J connectivity index is 1.74. The highest BCUT2D eigenvalue weighted by atomic mass is 16.2. The number of nitrogens with zero attached hydrogens (tertiary/aromatic N) is 3. The van der Waals surface area contributed by atoms with Gasteiger partial charge in [0, 0.05) is 18.2 Å². The number of benzene rings is 3. The van der Waals surface area contributed by atoms with Gasteiger partial charge in [-0.05, 0) is 37.3 Å². The van der Waals surface area contributed by atoms with Crippen molar-refractivity contribution in [1.82, 2.24) is 19.1 Å². The van der Waals surface area contributed by atoms with Gasteiger partial charge in [-0.15, -0.1) is 0 Å². The molecule has 7 heteroatoms. The van der Waals surface area contributed by atoms with Crippen LogP contribution in [0.4, 0.5) is 0 Å².